The van der Waals surface area contributed by atoms with Gasteiger partial charge in [0.15, 0.2) is 0 Å². The molecular formula is C16H20FNO. The molecule has 0 amide bonds. The molecule has 0 heterocycles. The second kappa shape index (κ2) is 6.56. The molecule has 0 radical (unpaired) electrons. The molecule has 3 atom stereocenters. The molecule has 102 valence electrons. The molecule has 0 N–H and O–H groups in total. The van der Waals surface area contributed by atoms with Gasteiger partial charge in [0.25, 0.3) is 0 Å². The first-order chi connectivity index (χ1) is 9.22. The SMILES string of the molecule is CCCC1CCC(C#N)C(Oc2cccc(F)c2)C1. The van der Waals surface area contributed by atoms with Crippen LogP contribution in [0.25, 0.3) is 0 Å². The summed E-state index contributed by atoms with van der Waals surface area (Å²) in [4.78, 5) is 0. The summed E-state index contributed by atoms with van der Waals surface area (Å²) in [5.74, 6) is 0.791. The second-order valence-corrected chi connectivity index (χ2v) is 5.32. The molecule has 2 nitrogen and oxygen atoms in total. The maximum absolute atomic E-state index is 13.2. The third-order valence-corrected chi connectivity index (χ3v) is 3.85. The molecule has 1 fully saturated rings. The van der Waals surface area contributed by atoms with Crippen molar-refractivity contribution >= 4 is 0 Å². The molecule has 1 aliphatic carbocycles. The van der Waals surface area contributed by atoms with Crippen molar-refractivity contribution in [3.05, 3.63) is 30.1 Å². The lowest BCUT2D eigenvalue weighted by atomic mass is 9.78. The summed E-state index contributed by atoms with van der Waals surface area (Å²) in [6.07, 6.45) is 5.14. The second-order valence-electron chi connectivity index (χ2n) is 5.32. The van der Waals surface area contributed by atoms with Crippen molar-refractivity contribution in [1.82, 2.24) is 0 Å². The van der Waals surface area contributed by atoms with Crippen LogP contribution in [-0.4, -0.2) is 6.10 Å². The number of rotatable bonds is 4. The first kappa shape index (κ1) is 13.9. The van der Waals surface area contributed by atoms with Gasteiger partial charge in [0, 0.05) is 6.07 Å². The molecule has 0 spiro atoms. The Morgan fingerprint density at radius 2 is 2.26 bits per heavy atom. The van der Waals surface area contributed by atoms with Crippen molar-refractivity contribution in [2.45, 2.75) is 45.1 Å². The minimum Gasteiger partial charge on any atom is -0.489 e. The first-order valence-electron chi connectivity index (χ1n) is 7.04. The Kier molecular flexibility index (Phi) is 4.79. The van der Waals surface area contributed by atoms with Gasteiger partial charge in [-0.2, -0.15) is 5.26 Å². The molecule has 2 rings (SSSR count). The number of hydrogen-bond acceptors (Lipinski definition) is 2. The molecule has 0 saturated heterocycles. The molecule has 0 bridgehead atoms. The summed E-state index contributed by atoms with van der Waals surface area (Å²) in [6, 6.07) is 8.51. The molecule has 1 aliphatic rings. The van der Waals surface area contributed by atoms with Gasteiger partial charge in [0.05, 0.1) is 12.0 Å². The summed E-state index contributed by atoms with van der Waals surface area (Å²) >= 11 is 0. The molecule has 1 aromatic carbocycles. The van der Waals surface area contributed by atoms with E-state index in [0.717, 1.165) is 25.7 Å². The van der Waals surface area contributed by atoms with Crippen molar-refractivity contribution in [2.24, 2.45) is 11.8 Å². The highest BCUT2D eigenvalue weighted by Crippen LogP contribution is 2.34. The van der Waals surface area contributed by atoms with Gasteiger partial charge in [-0.25, -0.2) is 4.39 Å². The van der Waals surface area contributed by atoms with E-state index in [-0.39, 0.29) is 17.8 Å². The Bertz CT molecular complexity index is 454. The van der Waals surface area contributed by atoms with Crippen molar-refractivity contribution in [3.63, 3.8) is 0 Å². The molecule has 0 aliphatic heterocycles. The van der Waals surface area contributed by atoms with Crippen LogP contribution in [0.2, 0.25) is 0 Å². The molecule has 19 heavy (non-hydrogen) atoms. The van der Waals surface area contributed by atoms with Crippen LogP contribution in [0.4, 0.5) is 4.39 Å². The normalized spacial score (nSPS) is 26.7. The van der Waals surface area contributed by atoms with E-state index in [2.05, 4.69) is 13.0 Å². The number of nitrogens with zero attached hydrogens (tertiary/aromatic N) is 1. The summed E-state index contributed by atoms with van der Waals surface area (Å²) < 4.78 is 19.0. The van der Waals surface area contributed by atoms with E-state index < -0.39 is 0 Å². The highest BCUT2D eigenvalue weighted by Gasteiger charge is 2.31. The number of benzene rings is 1. The minimum absolute atomic E-state index is 0.0728. The zero-order chi connectivity index (χ0) is 13.7. The lowest BCUT2D eigenvalue weighted by molar-refractivity contribution is 0.0872. The van der Waals surface area contributed by atoms with Gasteiger partial charge in [0.2, 0.25) is 0 Å². The smallest absolute Gasteiger partial charge is 0.126 e. The molecular weight excluding hydrogens is 241 g/mol. The highest BCUT2D eigenvalue weighted by atomic mass is 19.1. The van der Waals surface area contributed by atoms with E-state index in [1.807, 2.05) is 0 Å². The van der Waals surface area contributed by atoms with Gasteiger partial charge in [-0.1, -0.05) is 25.8 Å². The van der Waals surface area contributed by atoms with Crippen LogP contribution in [0, 0.1) is 29.0 Å². The molecule has 1 saturated carbocycles. The summed E-state index contributed by atoms with van der Waals surface area (Å²) in [5, 5.41) is 9.21. The van der Waals surface area contributed by atoms with Crippen LogP contribution in [0.3, 0.4) is 0 Å². The molecule has 1 aromatic rings. The van der Waals surface area contributed by atoms with Crippen molar-refractivity contribution in [3.8, 4) is 11.8 Å². The van der Waals surface area contributed by atoms with E-state index in [1.54, 1.807) is 12.1 Å². The monoisotopic (exact) mass is 261 g/mol. The minimum atomic E-state index is -0.299. The summed E-state index contributed by atoms with van der Waals surface area (Å²) in [7, 11) is 0. The highest BCUT2D eigenvalue weighted by molar-refractivity contribution is 5.23. The largest absolute Gasteiger partial charge is 0.489 e. The first-order valence-corrected chi connectivity index (χ1v) is 7.04. The predicted molar refractivity (Wildman–Crippen MR) is 72.2 cm³/mol. The average Bonchev–Trinajstić information content (AvgIpc) is 2.39. The number of nitriles is 1. The van der Waals surface area contributed by atoms with Crippen molar-refractivity contribution < 1.29 is 9.13 Å². The fourth-order valence-corrected chi connectivity index (χ4v) is 2.88. The van der Waals surface area contributed by atoms with Crippen LogP contribution < -0.4 is 4.74 Å². The quantitative estimate of drug-likeness (QED) is 0.809. The Morgan fingerprint density at radius 3 is 2.95 bits per heavy atom. The third-order valence-electron chi connectivity index (χ3n) is 3.85. The van der Waals surface area contributed by atoms with Gasteiger partial charge in [0.1, 0.15) is 17.7 Å². The zero-order valence-corrected chi connectivity index (χ0v) is 11.3. The fourth-order valence-electron chi connectivity index (χ4n) is 2.88. The third kappa shape index (κ3) is 3.70. The van der Waals surface area contributed by atoms with Crippen LogP contribution in [-0.2, 0) is 0 Å². The maximum atomic E-state index is 13.2. The maximum Gasteiger partial charge on any atom is 0.126 e. The predicted octanol–water partition coefficient (Wildman–Crippen LogP) is 4.31. The Labute approximate surface area is 114 Å². The van der Waals surface area contributed by atoms with Gasteiger partial charge < -0.3 is 4.74 Å². The van der Waals surface area contributed by atoms with Gasteiger partial charge in [-0.3, -0.25) is 0 Å². The Balaban J connectivity index is 2.04. The molecule has 3 heteroatoms. The van der Waals surface area contributed by atoms with Crippen LogP contribution in [0.1, 0.15) is 39.0 Å². The van der Waals surface area contributed by atoms with Gasteiger partial charge >= 0.3 is 0 Å². The van der Waals surface area contributed by atoms with E-state index >= 15 is 0 Å². The van der Waals surface area contributed by atoms with E-state index in [1.165, 1.54) is 18.6 Å². The fraction of sp³-hybridized carbons (Fsp3) is 0.562. The zero-order valence-electron chi connectivity index (χ0n) is 11.3. The lowest BCUT2D eigenvalue weighted by Gasteiger charge is -2.32. The van der Waals surface area contributed by atoms with E-state index in [0.29, 0.717) is 11.7 Å². The standard InChI is InChI=1S/C16H20FNO/c1-2-4-12-7-8-13(11-18)16(9-12)19-15-6-3-5-14(17)10-15/h3,5-6,10,12-13,16H,2,4,7-9H2,1H3. The van der Waals surface area contributed by atoms with Crippen LogP contribution in [0.15, 0.2) is 24.3 Å². The van der Waals surface area contributed by atoms with Crippen molar-refractivity contribution in [2.75, 3.05) is 0 Å². The van der Waals surface area contributed by atoms with E-state index in [9.17, 15) is 9.65 Å². The topological polar surface area (TPSA) is 33.0 Å². The summed E-state index contributed by atoms with van der Waals surface area (Å²) in [6.45, 7) is 2.18. The van der Waals surface area contributed by atoms with Crippen LogP contribution in [0.5, 0.6) is 5.75 Å². The Hall–Kier alpha value is -1.56. The number of ether oxygens (including phenoxy) is 1. The average molecular weight is 261 g/mol. The summed E-state index contributed by atoms with van der Waals surface area (Å²) in [5.41, 5.74) is 0. The molecule has 0 aromatic heterocycles. The lowest BCUT2D eigenvalue weighted by Crippen LogP contribution is -2.33. The molecule has 3 unspecified atom stereocenters. The van der Waals surface area contributed by atoms with Crippen LogP contribution >= 0.6 is 0 Å². The van der Waals surface area contributed by atoms with E-state index in [4.69, 9.17) is 4.74 Å². The van der Waals surface area contributed by atoms with Gasteiger partial charge in [-0.15, -0.1) is 0 Å². The Morgan fingerprint density at radius 1 is 1.42 bits per heavy atom. The number of halogens is 1. The van der Waals surface area contributed by atoms with Gasteiger partial charge in [-0.05, 0) is 37.3 Å². The number of hydrogen-bond donors (Lipinski definition) is 0. The van der Waals surface area contributed by atoms with Crippen molar-refractivity contribution in [1.29, 1.82) is 5.26 Å².